The van der Waals surface area contributed by atoms with Gasteiger partial charge in [0.1, 0.15) is 11.3 Å². The smallest absolute Gasteiger partial charge is 0.259 e. The maximum Gasteiger partial charge on any atom is 0.259 e. The van der Waals surface area contributed by atoms with E-state index in [9.17, 15) is 9.59 Å². The molecule has 0 saturated carbocycles. The number of methoxy groups -OCH3 is 1. The minimum Gasteiger partial charge on any atom is -0.497 e. The quantitative estimate of drug-likeness (QED) is 0.627. The topological polar surface area (TPSA) is 58.6 Å². The van der Waals surface area contributed by atoms with Gasteiger partial charge in [0.05, 0.1) is 7.11 Å². The SMILES string of the molecule is CCc1ccc(N2C(=O)c3ccccc3C[C@]2(C)C(=O)NCc2cccc(OC)c2)cc1. The molecule has 3 aromatic carbocycles. The van der Waals surface area contributed by atoms with Crippen molar-refractivity contribution < 1.29 is 14.3 Å². The summed E-state index contributed by atoms with van der Waals surface area (Å²) in [5, 5.41) is 3.05. The Balaban J connectivity index is 1.68. The van der Waals surface area contributed by atoms with Crippen molar-refractivity contribution in [1.29, 1.82) is 0 Å². The summed E-state index contributed by atoms with van der Waals surface area (Å²) >= 11 is 0. The zero-order valence-electron chi connectivity index (χ0n) is 18.7. The van der Waals surface area contributed by atoms with Gasteiger partial charge in [-0.1, -0.05) is 49.4 Å². The summed E-state index contributed by atoms with van der Waals surface area (Å²) in [4.78, 5) is 28.8. The average molecular weight is 429 g/mol. The Morgan fingerprint density at radius 1 is 1.03 bits per heavy atom. The Kier molecular flexibility index (Phi) is 5.99. The molecule has 0 saturated heterocycles. The van der Waals surface area contributed by atoms with Crippen LogP contribution in [0.1, 0.15) is 40.9 Å². The fourth-order valence-corrected chi connectivity index (χ4v) is 4.30. The van der Waals surface area contributed by atoms with Crippen molar-refractivity contribution in [2.75, 3.05) is 12.0 Å². The number of ether oxygens (including phenoxy) is 1. The number of carbonyl (C=O) groups excluding carboxylic acids is 2. The Labute approximate surface area is 189 Å². The van der Waals surface area contributed by atoms with Gasteiger partial charge in [-0.15, -0.1) is 0 Å². The van der Waals surface area contributed by atoms with Gasteiger partial charge in [0, 0.05) is 24.2 Å². The highest BCUT2D eigenvalue weighted by molar-refractivity contribution is 6.14. The van der Waals surface area contributed by atoms with Crippen LogP contribution in [0.5, 0.6) is 5.75 Å². The van der Waals surface area contributed by atoms with Crippen molar-refractivity contribution in [3.63, 3.8) is 0 Å². The van der Waals surface area contributed by atoms with Gasteiger partial charge in [0.25, 0.3) is 5.91 Å². The lowest BCUT2D eigenvalue weighted by molar-refractivity contribution is -0.126. The van der Waals surface area contributed by atoms with E-state index < -0.39 is 5.54 Å². The highest BCUT2D eigenvalue weighted by Gasteiger charge is 2.47. The van der Waals surface area contributed by atoms with Gasteiger partial charge in [-0.25, -0.2) is 0 Å². The summed E-state index contributed by atoms with van der Waals surface area (Å²) < 4.78 is 5.28. The number of fused-ring (bicyclic) bond motifs is 1. The molecule has 5 nitrogen and oxygen atoms in total. The van der Waals surface area contributed by atoms with Crippen molar-refractivity contribution in [2.45, 2.75) is 38.8 Å². The minimum absolute atomic E-state index is 0.157. The van der Waals surface area contributed by atoms with Crippen molar-refractivity contribution >= 4 is 17.5 Å². The van der Waals surface area contributed by atoms with Gasteiger partial charge in [-0.05, 0) is 60.4 Å². The van der Waals surface area contributed by atoms with Gasteiger partial charge in [-0.2, -0.15) is 0 Å². The van der Waals surface area contributed by atoms with E-state index in [2.05, 4.69) is 12.2 Å². The van der Waals surface area contributed by atoms with Crippen LogP contribution >= 0.6 is 0 Å². The number of carbonyl (C=O) groups is 2. The predicted octanol–water partition coefficient (Wildman–Crippen LogP) is 4.54. The molecule has 0 bridgehead atoms. The summed E-state index contributed by atoms with van der Waals surface area (Å²) in [6.45, 7) is 4.28. The molecule has 1 heterocycles. The van der Waals surface area contributed by atoms with Crippen LogP contribution in [0.4, 0.5) is 5.69 Å². The van der Waals surface area contributed by atoms with E-state index >= 15 is 0 Å². The first-order valence-electron chi connectivity index (χ1n) is 10.9. The average Bonchev–Trinajstić information content (AvgIpc) is 2.83. The number of hydrogen-bond acceptors (Lipinski definition) is 3. The molecule has 1 aliphatic rings. The number of rotatable bonds is 6. The first kappa shape index (κ1) is 21.6. The highest BCUT2D eigenvalue weighted by Crippen LogP contribution is 2.35. The maximum absolute atomic E-state index is 13.6. The zero-order chi connectivity index (χ0) is 22.7. The first-order valence-corrected chi connectivity index (χ1v) is 10.9. The monoisotopic (exact) mass is 428 g/mol. The lowest BCUT2D eigenvalue weighted by Gasteiger charge is -2.44. The number of aryl methyl sites for hydroxylation is 1. The maximum atomic E-state index is 13.6. The van der Waals surface area contributed by atoms with Crippen LogP contribution in [0.15, 0.2) is 72.8 Å². The number of benzene rings is 3. The molecule has 0 radical (unpaired) electrons. The summed E-state index contributed by atoms with van der Waals surface area (Å²) in [5.74, 6) is 0.389. The number of nitrogens with one attached hydrogen (secondary N) is 1. The molecule has 1 aliphatic heterocycles. The van der Waals surface area contributed by atoms with Gasteiger partial charge in [-0.3, -0.25) is 14.5 Å². The van der Waals surface area contributed by atoms with Gasteiger partial charge in [0.2, 0.25) is 5.91 Å². The Hall–Kier alpha value is -3.60. The Morgan fingerprint density at radius 3 is 2.50 bits per heavy atom. The molecule has 164 valence electrons. The van der Waals surface area contributed by atoms with E-state index in [-0.39, 0.29) is 11.8 Å². The van der Waals surface area contributed by atoms with E-state index in [0.717, 1.165) is 29.0 Å². The number of nitrogens with zero attached hydrogens (tertiary/aromatic N) is 1. The van der Waals surface area contributed by atoms with E-state index in [1.165, 1.54) is 5.56 Å². The molecule has 1 atom stereocenters. The molecule has 0 spiro atoms. The van der Waals surface area contributed by atoms with Crippen molar-refractivity contribution in [3.8, 4) is 5.75 Å². The highest BCUT2D eigenvalue weighted by atomic mass is 16.5. The third-order valence-corrected chi connectivity index (χ3v) is 6.16. The number of anilines is 1. The summed E-state index contributed by atoms with van der Waals surface area (Å²) in [5.41, 5.74) is 3.31. The van der Waals surface area contributed by atoms with Gasteiger partial charge in [0.15, 0.2) is 0 Å². The van der Waals surface area contributed by atoms with Crippen LogP contribution in [-0.4, -0.2) is 24.5 Å². The lowest BCUT2D eigenvalue weighted by atomic mass is 9.82. The predicted molar refractivity (Wildman–Crippen MR) is 126 cm³/mol. The second-order valence-electron chi connectivity index (χ2n) is 8.30. The third kappa shape index (κ3) is 3.98. The van der Waals surface area contributed by atoms with Crippen LogP contribution in [0.3, 0.4) is 0 Å². The third-order valence-electron chi connectivity index (χ3n) is 6.16. The second-order valence-corrected chi connectivity index (χ2v) is 8.30. The van der Waals surface area contributed by atoms with Crippen LogP contribution in [0, 0.1) is 0 Å². The van der Waals surface area contributed by atoms with E-state index in [4.69, 9.17) is 4.74 Å². The minimum atomic E-state index is -1.06. The number of amides is 2. The summed E-state index contributed by atoms with van der Waals surface area (Å²) in [6, 6.07) is 23.0. The summed E-state index contributed by atoms with van der Waals surface area (Å²) in [6.07, 6.45) is 1.35. The van der Waals surface area contributed by atoms with E-state index in [0.29, 0.717) is 18.5 Å². The largest absolute Gasteiger partial charge is 0.497 e. The molecule has 4 rings (SSSR count). The standard InChI is InChI=1S/C27H28N2O3/c1-4-19-12-14-22(15-13-19)29-25(30)24-11-6-5-9-21(24)17-27(29,2)26(31)28-18-20-8-7-10-23(16-20)32-3/h5-16H,4,17-18H2,1-3H3,(H,28,31)/t27-/m1/s1. The zero-order valence-corrected chi connectivity index (χ0v) is 18.7. The normalized spacial score (nSPS) is 17.6. The van der Waals surface area contributed by atoms with Crippen LogP contribution < -0.4 is 15.0 Å². The van der Waals surface area contributed by atoms with Crippen LogP contribution in [0.2, 0.25) is 0 Å². The molecule has 3 aromatic rings. The molecule has 32 heavy (non-hydrogen) atoms. The van der Waals surface area contributed by atoms with Crippen molar-refractivity contribution in [3.05, 3.63) is 95.1 Å². The molecule has 0 fully saturated rings. The number of hydrogen-bond donors (Lipinski definition) is 1. The molecule has 5 heteroatoms. The van der Waals surface area contributed by atoms with Crippen molar-refractivity contribution in [1.82, 2.24) is 5.32 Å². The molecule has 2 amide bonds. The van der Waals surface area contributed by atoms with Gasteiger partial charge < -0.3 is 10.1 Å². The van der Waals surface area contributed by atoms with Crippen molar-refractivity contribution in [2.24, 2.45) is 0 Å². The lowest BCUT2D eigenvalue weighted by Crippen LogP contribution is -2.63. The Bertz CT molecular complexity index is 1140. The fraction of sp³-hybridized carbons (Fsp3) is 0.259. The molecule has 0 aromatic heterocycles. The van der Waals surface area contributed by atoms with Crippen LogP contribution in [0.25, 0.3) is 0 Å². The first-order chi connectivity index (χ1) is 15.5. The molecule has 0 aliphatic carbocycles. The molecule has 0 unspecified atom stereocenters. The van der Waals surface area contributed by atoms with Gasteiger partial charge >= 0.3 is 0 Å². The molecule has 1 N–H and O–H groups in total. The Morgan fingerprint density at radius 2 is 1.78 bits per heavy atom. The van der Waals surface area contributed by atoms with E-state index in [1.54, 1.807) is 12.0 Å². The summed E-state index contributed by atoms with van der Waals surface area (Å²) in [7, 11) is 1.62. The fourth-order valence-electron chi connectivity index (χ4n) is 4.30. The second kappa shape index (κ2) is 8.87. The molecular formula is C27H28N2O3. The molecular weight excluding hydrogens is 400 g/mol. The van der Waals surface area contributed by atoms with Crippen LogP contribution in [-0.2, 0) is 24.2 Å². The van der Waals surface area contributed by atoms with E-state index in [1.807, 2.05) is 79.7 Å².